The van der Waals surface area contributed by atoms with E-state index < -0.39 is 24.0 Å². The van der Waals surface area contributed by atoms with E-state index in [9.17, 15) is 14.4 Å². The highest BCUT2D eigenvalue weighted by atomic mass is 16.5. The van der Waals surface area contributed by atoms with E-state index in [1.165, 1.54) is 11.2 Å². The third-order valence-electron chi connectivity index (χ3n) is 6.20. The van der Waals surface area contributed by atoms with Gasteiger partial charge in [-0.05, 0) is 48.4 Å². The van der Waals surface area contributed by atoms with Gasteiger partial charge in [-0.15, -0.1) is 0 Å². The number of methoxy groups -OCH3 is 1. The number of carbonyl (C=O) groups is 3. The number of benzene rings is 2. The second kappa shape index (κ2) is 8.46. The molecule has 2 atom stereocenters. The van der Waals surface area contributed by atoms with E-state index in [2.05, 4.69) is 0 Å². The minimum absolute atomic E-state index is 0.172. The molecule has 8 nitrogen and oxygen atoms in total. The van der Waals surface area contributed by atoms with Gasteiger partial charge in [0.15, 0.2) is 5.76 Å². The van der Waals surface area contributed by atoms with E-state index in [-0.39, 0.29) is 11.7 Å². The molecule has 0 radical (unpaired) electrons. The van der Waals surface area contributed by atoms with Gasteiger partial charge in [0.25, 0.3) is 11.8 Å². The number of likely N-dealkylation sites (tertiary alicyclic amines) is 1. The summed E-state index contributed by atoms with van der Waals surface area (Å²) in [5, 5.41) is 0. The van der Waals surface area contributed by atoms with Crippen molar-refractivity contribution in [2.45, 2.75) is 25.0 Å². The van der Waals surface area contributed by atoms with Crippen molar-refractivity contribution in [2.24, 2.45) is 0 Å². The van der Waals surface area contributed by atoms with Crippen LogP contribution in [-0.4, -0.2) is 53.4 Å². The first-order chi connectivity index (χ1) is 16.1. The number of rotatable bonds is 5. The molecule has 2 aliphatic heterocycles. The van der Waals surface area contributed by atoms with E-state index in [0.29, 0.717) is 30.9 Å². The molecule has 1 aromatic heterocycles. The number of urea groups is 1. The minimum atomic E-state index is -0.800. The number of anilines is 1. The van der Waals surface area contributed by atoms with Crippen LogP contribution in [0, 0.1) is 0 Å². The number of nitrogens with zero attached hydrogens (tertiary/aromatic N) is 3. The second-order valence-electron chi connectivity index (χ2n) is 8.04. The molecule has 3 aromatic rings. The number of imide groups is 1. The standard InChI is InChI=1S/C25H23N3O5/c1-32-19-11-9-18(10-12-19)28-24(30)22-20(13-14-26(22)23(29)21-8-5-15-33-21)27(25(28)31)16-17-6-3-2-4-7-17/h2-12,15,20,22H,13-14,16H2,1H3/t20-,22+/m1/s1. The third-order valence-corrected chi connectivity index (χ3v) is 6.20. The van der Waals surface area contributed by atoms with Crippen molar-refractivity contribution in [3.63, 3.8) is 0 Å². The van der Waals surface area contributed by atoms with Crippen molar-refractivity contribution in [1.29, 1.82) is 0 Å². The SMILES string of the molecule is COc1ccc(N2C(=O)[C@@H]3[C@@H](CCN3C(=O)c3ccco3)N(Cc3ccccc3)C2=O)cc1. The lowest BCUT2D eigenvalue weighted by Gasteiger charge is -2.43. The van der Waals surface area contributed by atoms with Crippen molar-refractivity contribution in [1.82, 2.24) is 9.80 Å². The fraction of sp³-hybridized carbons (Fsp3) is 0.240. The van der Waals surface area contributed by atoms with Crippen LogP contribution in [0.3, 0.4) is 0 Å². The number of amides is 4. The molecule has 4 amide bonds. The van der Waals surface area contributed by atoms with Gasteiger partial charge in [-0.3, -0.25) is 9.59 Å². The molecule has 168 valence electrons. The first-order valence-corrected chi connectivity index (χ1v) is 10.8. The minimum Gasteiger partial charge on any atom is -0.497 e. The van der Waals surface area contributed by atoms with Crippen LogP contribution in [0.5, 0.6) is 5.75 Å². The molecule has 2 saturated heterocycles. The molecule has 0 bridgehead atoms. The Morgan fingerprint density at radius 1 is 1.03 bits per heavy atom. The van der Waals surface area contributed by atoms with Crippen molar-refractivity contribution in [3.8, 4) is 5.75 Å². The van der Waals surface area contributed by atoms with Crippen LogP contribution in [0.2, 0.25) is 0 Å². The Morgan fingerprint density at radius 3 is 2.45 bits per heavy atom. The Kier molecular flexibility index (Phi) is 5.34. The lowest BCUT2D eigenvalue weighted by molar-refractivity contribution is -0.124. The highest BCUT2D eigenvalue weighted by Gasteiger charge is 2.54. The van der Waals surface area contributed by atoms with Crippen LogP contribution in [0.25, 0.3) is 0 Å². The number of furan rings is 1. The summed E-state index contributed by atoms with van der Waals surface area (Å²) < 4.78 is 10.5. The fourth-order valence-corrected chi connectivity index (χ4v) is 4.60. The average molecular weight is 445 g/mol. The van der Waals surface area contributed by atoms with E-state index in [0.717, 1.165) is 10.5 Å². The van der Waals surface area contributed by atoms with Gasteiger partial charge in [-0.1, -0.05) is 30.3 Å². The Labute approximate surface area is 190 Å². The number of fused-ring (bicyclic) bond motifs is 1. The molecule has 0 spiro atoms. The zero-order valence-electron chi connectivity index (χ0n) is 18.1. The van der Waals surface area contributed by atoms with Crippen molar-refractivity contribution in [3.05, 3.63) is 84.3 Å². The third kappa shape index (κ3) is 3.63. The molecular weight excluding hydrogens is 422 g/mol. The number of hydrogen-bond acceptors (Lipinski definition) is 5. The van der Waals surface area contributed by atoms with Crippen LogP contribution in [0.15, 0.2) is 77.4 Å². The average Bonchev–Trinajstić information content (AvgIpc) is 3.53. The Bertz CT molecular complexity index is 1160. The Balaban J connectivity index is 1.53. The molecule has 2 fully saturated rings. The molecule has 2 aliphatic rings. The summed E-state index contributed by atoms with van der Waals surface area (Å²) >= 11 is 0. The zero-order valence-corrected chi connectivity index (χ0v) is 18.1. The van der Waals surface area contributed by atoms with Gasteiger partial charge in [0.1, 0.15) is 11.8 Å². The highest BCUT2D eigenvalue weighted by molar-refractivity contribution is 6.19. The topological polar surface area (TPSA) is 83.3 Å². The van der Waals surface area contributed by atoms with Gasteiger partial charge in [0.2, 0.25) is 0 Å². The lowest BCUT2D eigenvalue weighted by atomic mass is 10.0. The maximum absolute atomic E-state index is 13.7. The summed E-state index contributed by atoms with van der Waals surface area (Å²) in [7, 11) is 1.55. The first-order valence-electron chi connectivity index (χ1n) is 10.8. The Morgan fingerprint density at radius 2 is 1.79 bits per heavy atom. The normalized spacial score (nSPS) is 20.2. The van der Waals surface area contributed by atoms with Crippen LogP contribution < -0.4 is 9.64 Å². The smallest absolute Gasteiger partial charge is 0.332 e. The maximum atomic E-state index is 13.7. The summed E-state index contributed by atoms with van der Waals surface area (Å²) in [6, 6.07) is 18.0. The van der Waals surface area contributed by atoms with Gasteiger partial charge in [-0.25, -0.2) is 9.69 Å². The van der Waals surface area contributed by atoms with E-state index in [1.54, 1.807) is 48.4 Å². The van der Waals surface area contributed by atoms with Crippen LogP contribution in [-0.2, 0) is 11.3 Å². The second-order valence-corrected chi connectivity index (χ2v) is 8.04. The van der Waals surface area contributed by atoms with Gasteiger partial charge < -0.3 is 19.0 Å². The van der Waals surface area contributed by atoms with Gasteiger partial charge >= 0.3 is 6.03 Å². The van der Waals surface area contributed by atoms with Gasteiger partial charge in [-0.2, -0.15) is 0 Å². The summed E-state index contributed by atoms with van der Waals surface area (Å²) in [6.07, 6.45) is 1.94. The number of hydrogen-bond donors (Lipinski definition) is 0. The van der Waals surface area contributed by atoms with Crippen LogP contribution in [0.1, 0.15) is 22.5 Å². The molecule has 0 unspecified atom stereocenters. The van der Waals surface area contributed by atoms with E-state index >= 15 is 0 Å². The molecule has 2 aromatic carbocycles. The monoisotopic (exact) mass is 445 g/mol. The van der Waals surface area contributed by atoms with Crippen LogP contribution in [0.4, 0.5) is 10.5 Å². The molecular formula is C25H23N3O5. The summed E-state index contributed by atoms with van der Waals surface area (Å²) in [5.41, 5.74) is 1.38. The molecule has 0 aliphatic carbocycles. The van der Waals surface area contributed by atoms with E-state index in [1.807, 2.05) is 30.3 Å². The number of carbonyl (C=O) groups excluding carboxylic acids is 3. The molecule has 33 heavy (non-hydrogen) atoms. The molecule has 5 rings (SSSR count). The lowest BCUT2D eigenvalue weighted by Crippen LogP contribution is -2.65. The zero-order chi connectivity index (χ0) is 22.9. The summed E-state index contributed by atoms with van der Waals surface area (Å²) in [4.78, 5) is 44.8. The van der Waals surface area contributed by atoms with Crippen molar-refractivity contribution >= 4 is 23.5 Å². The van der Waals surface area contributed by atoms with E-state index in [4.69, 9.17) is 9.15 Å². The summed E-state index contributed by atoms with van der Waals surface area (Å²) in [5.74, 6) is 0.0116. The molecule has 0 saturated carbocycles. The largest absolute Gasteiger partial charge is 0.497 e. The predicted molar refractivity (Wildman–Crippen MR) is 120 cm³/mol. The Hall–Kier alpha value is -4.07. The molecule has 3 heterocycles. The van der Waals surface area contributed by atoms with Crippen molar-refractivity contribution in [2.75, 3.05) is 18.6 Å². The molecule has 8 heteroatoms. The predicted octanol–water partition coefficient (Wildman–Crippen LogP) is 3.54. The molecule has 0 N–H and O–H groups in total. The van der Waals surface area contributed by atoms with Gasteiger partial charge in [0.05, 0.1) is 25.1 Å². The summed E-state index contributed by atoms with van der Waals surface area (Å²) in [6.45, 7) is 0.694. The maximum Gasteiger partial charge on any atom is 0.332 e. The van der Waals surface area contributed by atoms with Crippen LogP contribution >= 0.6 is 0 Å². The first kappa shape index (κ1) is 20.8. The quantitative estimate of drug-likeness (QED) is 0.600. The highest BCUT2D eigenvalue weighted by Crippen LogP contribution is 2.35. The fourth-order valence-electron chi connectivity index (χ4n) is 4.60. The van der Waals surface area contributed by atoms with Gasteiger partial charge in [0, 0.05) is 13.1 Å². The van der Waals surface area contributed by atoms with Crippen molar-refractivity contribution < 1.29 is 23.5 Å². The number of ether oxygens (including phenoxy) is 1.